The molecule has 1 aromatic carbocycles. The molecule has 5 nitrogen and oxygen atoms in total. The van der Waals surface area contributed by atoms with Gasteiger partial charge in [-0.15, -0.1) is 0 Å². The van der Waals surface area contributed by atoms with Crippen LogP contribution in [0.3, 0.4) is 0 Å². The summed E-state index contributed by atoms with van der Waals surface area (Å²) in [6.07, 6.45) is 1.02. The first kappa shape index (κ1) is 14.1. The molecule has 106 valence electrons. The normalized spacial score (nSPS) is 11.8. The Kier molecular flexibility index (Phi) is 4.42. The second-order valence-electron chi connectivity index (χ2n) is 4.25. The Hall–Kier alpha value is -2.27. The first-order valence-electron chi connectivity index (χ1n) is 6.17. The number of ether oxygens (including phenoxy) is 3. The number of aliphatic hydroxyl groups is 1. The fourth-order valence-electron chi connectivity index (χ4n) is 1.70. The van der Waals surface area contributed by atoms with Gasteiger partial charge < -0.3 is 19.3 Å². The van der Waals surface area contributed by atoms with Gasteiger partial charge >= 0.3 is 0 Å². The second kappa shape index (κ2) is 6.25. The van der Waals surface area contributed by atoms with Crippen LogP contribution in [0.25, 0.3) is 0 Å². The van der Waals surface area contributed by atoms with E-state index in [0.29, 0.717) is 23.1 Å². The molecule has 1 heterocycles. The quantitative estimate of drug-likeness (QED) is 0.909. The maximum absolute atomic E-state index is 9.56. The minimum atomic E-state index is -0.569. The van der Waals surface area contributed by atoms with Gasteiger partial charge in [0.05, 0.1) is 20.3 Å². The lowest BCUT2D eigenvalue weighted by Crippen LogP contribution is -1.95. The molecule has 0 aliphatic rings. The number of methoxy groups -OCH3 is 2. The van der Waals surface area contributed by atoms with Crippen LogP contribution >= 0.6 is 0 Å². The van der Waals surface area contributed by atoms with Crippen molar-refractivity contribution in [2.45, 2.75) is 13.0 Å². The number of aromatic nitrogens is 1. The number of nitrogens with zero attached hydrogens (tertiary/aromatic N) is 1. The summed E-state index contributed by atoms with van der Waals surface area (Å²) in [6, 6.07) is 8.66. The summed E-state index contributed by atoms with van der Waals surface area (Å²) in [5.74, 6) is 2.22. The fourth-order valence-corrected chi connectivity index (χ4v) is 1.70. The Morgan fingerprint density at radius 1 is 1.00 bits per heavy atom. The molecule has 0 saturated heterocycles. The van der Waals surface area contributed by atoms with Crippen molar-refractivity contribution in [3.8, 4) is 23.1 Å². The number of aliphatic hydroxyl groups excluding tert-OH is 1. The average Bonchev–Trinajstić information content (AvgIpc) is 2.47. The third-order valence-corrected chi connectivity index (χ3v) is 2.79. The van der Waals surface area contributed by atoms with Gasteiger partial charge in [-0.1, -0.05) is 0 Å². The van der Waals surface area contributed by atoms with Gasteiger partial charge in [0.15, 0.2) is 0 Å². The Morgan fingerprint density at radius 3 is 2.15 bits per heavy atom. The predicted octanol–water partition coefficient (Wildman–Crippen LogP) is 2.94. The van der Waals surface area contributed by atoms with Crippen molar-refractivity contribution < 1.29 is 19.3 Å². The Bertz CT molecular complexity index is 562. The van der Waals surface area contributed by atoms with Gasteiger partial charge in [-0.25, -0.2) is 4.98 Å². The van der Waals surface area contributed by atoms with Gasteiger partial charge in [-0.2, -0.15) is 0 Å². The SMILES string of the molecule is COc1cc(OC)cc(Oc2cc([C@@H](C)O)ccn2)c1. The van der Waals surface area contributed by atoms with Crippen molar-refractivity contribution in [2.24, 2.45) is 0 Å². The molecular weight excluding hydrogens is 258 g/mol. The van der Waals surface area contributed by atoms with Crippen LogP contribution in [0.5, 0.6) is 23.1 Å². The minimum Gasteiger partial charge on any atom is -0.496 e. The van der Waals surface area contributed by atoms with Gasteiger partial charge in [0.25, 0.3) is 0 Å². The number of benzene rings is 1. The van der Waals surface area contributed by atoms with Crippen molar-refractivity contribution >= 4 is 0 Å². The van der Waals surface area contributed by atoms with E-state index in [-0.39, 0.29) is 0 Å². The molecule has 2 rings (SSSR count). The topological polar surface area (TPSA) is 60.8 Å². The second-order valence-corrected chi connectivity index (χ2v) is 4.25. The molecule has 5 heteroatoms. The predicted molar refractivity (Wildman–Crippen MR) is 74.5 cm³/mol. The third-order valence-electron chi connectivity index (χ3n) is 2.79. The van der Waals surface area contributed by atoms with Crippen LogP contribution in [0.1, 0.15) is 18.6 Å². The van der Waals surface area contributed by atoms with E-state index in [9.17, 15) is 5.11 Å². The molecule has 0 saturated carbocycles. The highest BCUT2D eigenvalue weighted by molar-refractivity contribution is 5.43. The first-order valence-corrected chi connectivity index (χ1v) is 6.17. The van der Waals surface area contributed by atoms with Crippen molar-refractivity contribution in [3.63, 3.8) is 0 Å². The number of rotatable bonds is 5. The van der Waals surface area contributed by atoms with E-state index in [1.807, 2.05) is 0 Å². The van der Waals surface area contributed by atoms with E-state index in [1.54, 1.807) is 57.7 Å². The highest BCUT2D eigenvalue weighted by atomic mass is 16.5. The summed E-state index contributed by atoms with van der Waals surface area (Å²) < 4.78 is 16.0. The number of pyridine rings is 1. The molecule has 0 spiro atoms. The van der Waals surface area contributed by atoms with Crippen LogP contribution < -0.4 is 14.2 Å². The van der Waals surface area contributed by atoms with Crippen molar-refractivity contribution in [2.75, 3.05) is 14.2 Å². The summed E-state index contributed by atoms with van der Waals surface area (Å²) in [7, 11) is 3.15. The Labute approximate surface area is 117 Å². The zero-order valence-electron chi connectivity index (χ0n) is 11.7. The minimum absolute atomic E-state index is 0.402. The van der Waals surface area contributed by atoms with E-state index in [0.717, 1.165) is 5.56 Å². The van der Waals surface area contributed by atoms with Crippen molar-refractivity contribution in [1.82, 2.24) is 4.98 Å². The molecule has 0 aliphatic carbocycles. The molecule has 0 fully saturated rings. The summed E-state index contributed by atoms with van der Waals surface area (Å²) >= 11 is 0. The standard InChI is InChI=1S/C15H17NO4/c1-10(17)11-4-5-16-15(6-11)20-14-8-12(18-2)7-13(9-14)19-3/h4-10,17H,1-3H3/t10-/m1/s1. The van der Waals surface area contributed by atoms with Gasteiger partial charge in [0.1, 0.15) is 17.2 Å². The summed E-state index contributed by atoms with van der Waals surface area (Å²) in [5, 5.41) is 9.56. The van der Waals surface area contributed by atoms with Crippen LogP contribution in [0, 0.1) is 0 Å². The monoisotopic (exact) mass is 275 g/mol. The molecule has 0 aliphatic heterocycles. The smallest absolute Gasteiger partial charge is 0.219 e. The first-order chi connectivity index (χ1) is 9.62. The van der Waals surface area contributed by atoms with Crippen LogP contribution in [0.15, 0.2) is 36.5 Å². The van der Waals surface area contributed by atoms with Crippen LogP contribution in [0.4, 0.5) is 0 Å². The van der Waals surface area contributed by atoms with Crippen molar-refractivity contribution in [1.29, 1.82) is 0 Å². The van der Waals surface area contributed by atoms with E-state index in [4.69, 9.17) is 14.2 Å². The molecule has 1 atom stereocenters. The third kappa shape index (κ3) is 3.39. The molecular formula is C15H17NO4. The molecule has 0 bridgehead atoms. The van der Waals surface area contributed by atoms with E-state index >= 15 is 0 Å². The van der Waals surface area contributed by atoms with Crippen LogP contribution in [-0.2, 0) is 0 Å². The molecule has 0 unspecified atom stereocenters. The molecule has 20 heavy (non-hydrogen) atoms. The zero-order valence-corrected chi connectivity index (χ0v) is 11.7. The molecule has 0 amide bonds. The van der Waals surface area contributed by atoms with Gasteiger partial charge in [-0.3, -0.25) is 0 Å². The lowest BCUT2D eigenvalue weighted by atomic mass is 10.2. The lowest BCUT2D eigenvalue weighted by molar-refractivity contribution is 0.198. The highest BCUT2D eigenvalue weighted by Crippen LogP contribution is 2.30. The van der Waals surface area contributed by atoms with Gasteiger partial charge in [0.2, 0.25) is 5.88 Å². The maximum Gasteiger partial charge on any atom is 0.219 e. The van der Waals surface area contributed by atoms with Crippen molar-refractivity contribution in [3.05, 3.63) is 42.1 Å². The largest absolute Gasteiger partial charge is 0.496 e. The average molecular weight is 275 g/mol. The lowest BCUT2D eigenvalue weighted by Gasteiger charge is -2.10. The van der Waals surface area contributed by atoms with E-state index in [1.165, 1.54) is 0 Å². The zero-order chi connectivity index (χ0) is 14.5. The molecule has 2 aromatic rings. The fraction of sp³-hybridized carbons (Fsp3) is 0.267. The van der Waals surface area contributed by atoms with Crippen LogP contribution in [0.2, 0.25) is 0 Å². The summed E-state index contributed by atoms with van der Waals surface area (Å²) in [6.45, 7) is 1.69. The molecule has 0 radical (unpaired) electrons. The molecule has 1 N–H and O–H groups in total. The maximum atomic E-state index is 9.56. The Morgan fingerprint density at radius 2 is 1.60 bits per heavy atom. The molecule has 1 aromatic heterocycles. The van der Waals surface area contributed by atoms with E-state index < -0.39 is 6.10 Å². The highest BCUT2D eigenvalue weighted by Gasteiger charge is 2.07. The Balaban J connectivity index is 2.27. The van der Waals surface area contributed by atoms with E-state index in [2.05, 4.69) is 4.98 Å². The summed E-state index contributed by atoms with van der Waals surface area (Å²) in [4.78, 5) is 4.11. The number of hydrogen-bond acceptors (Lipinski definition) is 5. The number of hydrogen-bond donors (Lipinski definition) is 1. The van der Waals surface area contributed by atoms with Crippen LogP contribution in [-0.4, -0.2) is 24.3 Å². The summed E-state index contributed by atoms with van der Waals surface area (Å²) in [5.41, 5.74) is 0.741. The van der Waals surface area contributed by atoms with Gasteiger partial charge in [0, 0.05) is 30.5 Å². The van der Waals surface area contributed by atoms with Gasteiger partial charge in [-0.05, 0) is 18.6 Å².